The maximum atomic E-state index is 14.2. The first-order valence-corrected chi connectivity index (χ1v) is 17.1. The quantitative estimate of drug-likeness (QED) is 0.201. The summed E-state index contributed by atoms with van der Waals surface area (Å²) in [6.07, 6.45) is 8.51. The lowest BCUT2D eigenvalue weighted by atomic mass is 9.82. The van der Waals surface area contributed by atoms with E-state index in [0.717, 1.165) is 57.2 Å². The highest BCUT2D eigenvalue weighted by atomic mass is 16.3. The first kappa shape index (κ1) is 33.8. The highest BCUT2D eigenvalue weighted by Gasteiger charge is 2.52. The molecule has 6 rings (SSSR count). The Bertz CT molecular complexity index is 1550. The van der Waals surface area contributed by atoms with Crippen molar-refractivity contribution >= 4 is 40.7 Å². The van der Waals surface area contributed by atoms with Gasteiger partial charge in [-0.3, -0.25) is 19.2 Å². The second-order valence-electron chi connectivity index (χ2n) is 13.3. The van der Waals surface area contributed by atoms with Crippen LogP contribution in [-0.2, 0) is 31.3 Å². The van der Waals surface area contributed by atoms with Crippen LogP contribution in [-0.4, -0.2) is 83.1 Å². The molecule has 0 aromatic heterocycles. The highest BCUT2D eigenvalue weighted by molar-refractivity contribution is 6.08. The summed E-state index contributed by atoms with van der Waals surface area (Å²) >= 11 is 0. The topological polar surface area (TPSA) is 163 Å². The number of nitrogens with one attached hydrogen (secondary N) is 4. The maximum absolute atomic E-state index is 14.2. The average Bonchev–Trinajstić information content (AvgIpc) is 3.92. The molecule has 0 radical (unpaired) electrons. The number of likely N-dealkylation sites (tertiary alicyclic amines) is 1. The van der Waals surface area contributed by atoms with E-state index in [-0.39, 0.29) is 55.4 Å². The van der Waals surface area contributed by atoms with Crippen LogP contribution in [0, 0.1) is 5.92 Å². The third-order valence-corrected chi connectivity index (χ3v) is 10.1. The number of nitrogens with zero attached hydrogens (tertiary/aromatic N) is 2. The van der Waals surface area contributed by atoms with Crippen molar-refractivity contribution < 1.29 is 29.4 Å². The number of benzene rings is 2. The fraction of sp³-hybridized carbons (Fsp3) is 0.500. The Morgan fingerprint density at radius 3 is 2.23 bits per heavy atom. The van der Waals surface area contributed by atoms with E-state index in [9.17, 15) is 29.4 Å². The molecule has 0 spiro atoms. The van der Waals surface area contributed by atoms with E-state index < -0.39 is 17.4 Å². The molecule has 48 heavy (non-hydrogen) atoms. The number of hydrogen-bond donors (Lipinski definition) is 6. The molecule has 6 N–H and O–H groups in total. The van der Waals surface area contributed by atoms with Crippen LogP contribution in [0.15, 0.2) is 54.6 Å². The summed E-state index contributed by atoms with van der Waals surface area (Å²) in [5.41, 5.74) is 0.895. The van der Waals surface area contributed by atoms with Gasteiger partial charge in [-0.1, -0.05) is 31.2 Å². The molecule has 2 aromatic carbocycles. The van der Waals surface area contributed by atoms with Gasteiger partial charge in [0.1, 0.15) is 0 Å². The zero-order chi connectivity index (χ0) is 33.8. The average molecular weight is 659 g/mol. The van der Waals surface area contributed by atoms with E-state index in [1.165, 1.54) is 0 Å². The molecule has 12 heteroatoms. The van der Waals surface area contributed by atoms with Gasteiger partial charge < -0.3 is 41.3 Å². The highest BCUT2D eigenvalue weighted by Crippen LogP contribution is 2.47. The summed E-state index contributed by atoms with van der Waals surface area (Å²) in [5.74, 6) is -1.56. The lowest BCUT2D eigenvalue weighted by Crippen LogP contribution is -2.44. The fourth-order valence-corrected chi connectivity index (χ4v) is 7.32. The minimum atomic E-state index is -1.95. The van der Waals surface area contributed by atoms with E-state index in [4.69, 9.17) is 0 Å². The van der Waals surface area contributed by atoms with Crippen LogP contribution in [0.3, 0.4) is 0 Å². The van der Waals surface area contributed by atoms with Crippen LogP contribution in [0.2, 0.25) is 0 Å². The second kappa shape index (κ2) is 14.6. The van der Waals surface area contributed by atoms with Crippen molar-refractivity contribution in [3.05, 3.63) is 65.7 Å². The molecule has 0 unspecified atom stereocenters. The van der Waals surface area contributed by atoms with E-state index >= 15 is 0 Å². The van der Waals surface area contributed by atoms with Gasteiger partial charge in [0.05, 0.1) is 37.0 Å². The van der Waals surface area contributed by atoms with Gasteiger partial charge in [0.2, 0.25) is 17.7 Å². The largest absolute Gasteiger partial charge is 0.394 e. The molecule has 256 valence electrons. The van der Waals surface area contributed by atoms with E-state index in [1.54, 1.807) is 59.2 Å². The smallest absolute Gasteiger partial charge is 0.264 e. The summed E-state index contributed by atoms with van der Waals surface area (Å²) in [4.78, 5) is 55.8. The van der Waals surface area contributed by atoms with Crippen LogP contribution >= 0.6 is 0 Å². The molecular formula is C36H46N6O6. The third-order valence-electron chi connectivity index (χ3n) is 10.1. The van der Waals surface area contributed by atoms with Crippen molar-refractivity contribution in [2.24, 2.45) is 5.92 Å². The Morgan fingerprint density at radius 1 is 0.958 bits per heavy atom. The van der Waals surface area contributed by atoms with Gasteiger partial charge in [-0.15, -0.1) is 0 Å². The van der Waals surface area contributed by atoms with Crippen molar-refractivity contribution in [1.82, 2.24) is 15.5 Å². The number of fused-ring (bicyclic) bond motifs is 1. The Balaban J connectivity index is 1.22. The molecule has 4 amide bonds. The summed E-state index contributed by atoms with van der Waals surface area (Å²) in [5, 5.41) is 34.1. The van der Waals surface area contributed by atoms with Crippen LogP contribution < -0.4 is 26.2 Å². The molecule has 4 aliphatic heterocycles. The minimum absolute atomic E-state index is 0.0713. The van der Waals surface area contributed by atoms with Crippen LogP contribution in [0.25, 0.3) is 0 Å². The second-order valence-corrected chi connectivity index (χ2v) is 13.3. The van der Waals surface area contributed by atoms with Gasteiger partial charge in [0.25, 0.3) is 5.91 Å². The lowest BCUT2D eigenvalue weighted by molar-refractivity contribution is -0.139. The Morgan fingerprint density at radius 2 is 1.60 bits per heavy atom. The summed E-state index contributed by atoms with van der Waals surface area (Å²) in [7, 11) is 0. The monoisotopic (exact) mass is 658 g/mol. The third kappa shape index (κ3) is 6.88. The van der Waals surface area contributed by atoms with Crippen LogP contribution in [0.1, 0.15) is 63.0 Å². The number of anilines is 3. The number of rotatable bonds is 11. The first-order chi connectivity index (χ1) is 23.2. The molecule has 4 heterocycles. The van der Waals surface area contributed by atoms with Gasteiger partial charge >= 0.3 is 0 Å². The number of carbonyl (C=O) groups excluding carboxylic acids is 4. The van der Waals surface area contributed by atoms with E-state index in [0.29, 0.717) is 29.2 Å². The molecule has 5 atom stereocenters. The number of aliphatic hydroxyl groups is 2. The lowest BCUT2D eigenvalue weighted by Gasteiger charge is -2.28. The molecule has 0 bridgehead atoms. The van der Waals surface area contributed by atoms with Crippen molar-refractivity contribution in [1.29, 1.82) is 0 Å². The van der Waals surface area contributed by atoms with Gasteiger partial charge in [0, 0.05) is 35.8 Å². The predicted octanol–water partition coefficient (Wildman–Crippen LogP) is 2.37. The molecule has 0 saturated carbocycles. The number of carbonyl (C=O) groups is 4. The number of hydrogen-bond acceptors (Lipinski definition) is 8. The predicted molar refractivity (Wildman–Crippen MR) is 182 cm³/mol. The van der Waals surface area contributed by atoms with Crippen molar-refractivity contribution in [3.63, 3.8) is 0 Å². The number of amides is 4. The van der Waals surface area contributed by atoms with Crippen molar-refractivity contribution in [2.45, 2.75) is 82.1 Å². The zero-order valence-electron chi connectivity index (χ0n) is 27.4. The maximum Gasteiger partial charge on any atom is 0.264 e. The molecule has 4 aliphatic rings. The Labute approximate surface area is 280 Å². The zero-order valence-corrected chi connectivity index (χ0v) is 27.4. The minimum Gasteiger partial charge on any atom is -0.394 e. The number of aliphatic hydroxyl groups excluding tert-OH is 1. The molecule has 3 saturated heterocycles. The summed E-state index contributed by atoms with van der Waals surface area (Å²) in [6, 6.07) is 11.8. The van der Waals surface area contributed by atoms with E-state index in [2.05, 4.69) is 21.3 Å². The van der Waals surface area contributed by atoms with E-state index in [1.807, 2.05) is 12.1 Å². The van der Waals surface area contributed by atoms with Crippen molar-refractivity contribution in [2.75, 3.05) is 41.8 Å². The molecule has 2 aromatic rings. The summed E-state index contributed by atoms with van der Waals surface area (Å²) < 4.78 is 0. The van der Waals surface area contributed by atoms with Crippen LogP contribution in [0.4, 0.5) is 17.1 Å². The normalized spacial score (nSPS) is 25.9. The van der Waals surface area contributed by atoms with Gasteiger partial charge in [0.15, 0.2) is 5.60 Å². The van der Waals surface area contributed by atoms with Crippen LogP contribution in [0.5, 0.6) is 0 Å². The molecular weight excluding hydrogens is 612 g/mol. The first-order valence-electron chi connectivity index (χ1n) is 17.1. The molecule has 3 fully saturated rings. The van der Waals surface area contributed by atoms with Gasteiger partial charge in [-0.2, -0.15) is 0 Å². The molecule has 0 aliphatic carbocycles. The van der Waals surface area contributed by atoms with Gasteiger partial charge in [-0.25, -0.2) is 0 Å². The SMILES string of the molecule is C[C@H](/C=C/CC(=O)N1CCC[C@H]1CO)[C@@]1(O)C(=O)N(Cc2ccc(NC(=O)[C@H]3CCCN3)cc2)c2ccc(NC(=O)[C@H]3CCCN3)cc21. The van der Waals surface area contributed by atoms with Gasteiger partial charge in [-0.05, 0) is 87.5 Å². The summed E-state index contributed by atoms with van der Waals surface area (Å²) in [6.45, 7) is 4.06. The Hall–Kier alpha value is -4.10. The Kier molecular flexibility index (Phi) is 10.3. The van der Waals surface area contributed by atoms with Crippen molar-refractivity contribution in [3.8, 4) is 0 Å². The standard InChI is InChI=1S/C36H46N6O6/c1-23(6-2-10-32(44)41-19-5-7-27(41)22-43)36(48)28-20-26(40-34(46)30-9-4-18-38-30)15-16-31(28)42(35(36)47)21-24-11-13-25(14-12-24)39-33(45)29-8-3-17-37-29/h2,6,11-16,20,23,27,29-30,37-38,43,48H,3-5,7-10,17-19,21-22H2,1H3,(H,39,45)(H,40,46)/b6-2+/t23-,27+,29-,30-,36+/m1/s1. The molecule has 12 nitrogen and oxygen atoms in total. The fourth-order valence-electron chi connectivity index (χ4n) is 7.32.